The topological polar surface area (TPSA) is 53.6 Å². The summed E-state index contributed by atoms with van der Waals surface area (Å²) in [5, 5.41) is 6.64. The van der Waals surface area contributed by atoms with E-state index in [1.165, 1.54) is 49.9 Å². The van der Waals surface area contributed by atoms with E-state index in [1.54, 1.807) is 0 Å². The van der Waals surface area contributed by atoms with E-state index in [2.05, 4.69) is 20.3 Å². The summed E-state index contributed by atoms with van der Waals surface area (Å²) in [5.41, 5.74) is 0.460. The van der Waals surface area contributed by atoms with Crippen molar-refractivity contribution in [2.24, 2.45) is 11.8 Å². The molecule has 0 unspecified atom stereocenters. The maximum atomic E-state index is 12.5. The van der Waals surface area contributed by atoms with E-state index in [0.717, 1.165) is 25.6 Å². The van der Waals surface area contributed by atoms with Crippen LogP contribution in [0.25, 0.3) is 0 Å². The molecule has 1 aromatic carbocycles. The number of hydrogen-bond donors (Lipinski definition) is 2. The first-order chi connectivity index (χ1) is 13.1. The number of piperidine rings is 3. The molecule has 9 heteroatoms. The Balaban J connectivity index is 0.00000150. The van der Waals surface area contributed by atoms with Gasteiger partial charge in [-0.05, 0) is 75.0 Å². The summed E-state index contributed by atoms with van der Waals surface area (Å²) in [6, 6.07) is 6.85. The minimum Gasteiger partial charge on any atom is -0.435 e. The lowest BCUT2D eigenvalue weighted by Gasteiger charge is -2.55. The second-order valence-corrected chi connectivity index (χ2v) is 7.90. The molecule has 3 fully saturated rings. The summed E-state index contributed by atoms with van der Waals surface area (Å²) in [4.78, 5) is 15.2. The van der Waals surface area contributed by atoms with Crippen molar-refractivity contribution in [2.45, 2.75) is 44.4 Å². The second kappa shape index (κ2) is 10.8. The SMILES string of the molecule is Cl.Cl.O=C(NC[C@H]1[C@@H]2CNC[C@@H](C2)[C@@H]2CCCCN21)c1ccc(OC(F)F)cc1. The molecular formula is C20H29Cl2F2N3O2. The number of nitrogens with one attached hydrogen (secondary N) is 2. The first kappa shape index (κ1) is 24.1. The Morgan fingerprint density at radius 1 is 1.17 bits per heavy atom. The van der Waals surface area contributed by atoms with Crippen LogP contribution >= 0.6 is 24.8 Å². The predicted molar refractivity (Wildman–Crippen MR) is 113 cm³/mol. The Labute approximate surface area is 182 Å². The molecule has 1 aromatic rings. The normalized spacial score (nSPS) is 28.5. The maximum absolute atomic E-state index is 12.5. The van der Waals surface area contributed by atoms with Gasteiger partial charge in [0.1, 0.15) is 5.75 Å². The Bertz CT molecular complexity index is 666. The summed E-state index contributed by atoms with van der Waals surface area (Å²) in [6.45, 7) is 1.02. The molecule has 2 N–H and O–H groups in total. The largest absolute Gasteiger partial charge is 0.435 e. The first-order valence-corrected chi connectivity index (χ1v) is 9.91. The van der Waals surface area contributed by atoms with Crippen LogP contribution in [0.3, 0.4) is 0 Å². The molecule has 1 amide bonds. The van der Waals surface area contributed by atoms with E-state index < -0.39 is 6.61 Å². The van der Waals surface area contributed by atoms with Crippen LogP contribution in [0.1, 0.15) is 36.0 Å². The average Bonchev–Trinajstić information content (AvgIpc) is 2.68. The van der Waals surface area contributed by atoms with Gasteiger partial charge in [0, 0.05) is 24.2 Å². The highest BCUT2D eigenvalue weighted by Gasteiger charge is 2.45. The lowest BCUT2D eigenvalue weighted by Crippen LogP contribution is -2.65. The molecule has 0 spiro atoms. The zero-order valence-electron chi connectivity index (χ0n) is 16.2. The molecule has 3 heterocycles. The van der Waals surface area contributed by atoms with Crippen molar-refractivity contribution < 1.29 is 18.3 Å². The number of alkyl halides is 2. The molecule has 0 radical (unpaired) electrons. The number of ether oxygens (including phenoxy) is 1. The van der Waals surface area contributed by atoms with Gasteiger partial charge in [-0.2, -0.15) is 8.78 Å². The number of benzene rings is 1. The van der Waals surface area contributed by atoms with Gasteiger partial charge in [0.2, 0.25) is 0 Å². The van der Waals surface area contributed by atoms with Crippen LogP contribution in [-0.2, 0) is 0 Å². The third-order valence-corrected chi connectivity index (χ3v) is 6.34. The van der Waals surface area contributed by atoms with Gasteiger partial charge in [0.15, 0.2) is 0 Å². The van der Waals surface area contributed by atoms with Crippen LogP contribution in [0.2, 0.25) is 0 Å². The van der Waals surface area contributed by atoms with Gasteiger partial charge in [-0.25, -0.2) is 0 Å². The Hall–Kier alpha value is -1.15. The van der Waals surface area contributed by atoms with Gasteiger partial charge in [-0.1, -0.05) is 6.42 Å². The lowest BCUT2D eigenvalue weighted by molar-refractivity contribution is -0.0498. The fourth-order valence-electron chi connectivity index (χ4n) is 5.14. The Kier molecular flexibility index (Phi) is 8.94. The Morgan fingerprint density at radius 2 is 1.90 bits per heavy atom. The molecule has 3 saturated heterocycles. The van der Waals surface area contributed by atoms with Crippen LogP contribution in [0, 0.1) is 11.8 Å². The van der Waals surface area contributed by atoms with Gasteiger partial charge in [-0.3, -0.25) is 9.69 Å². The molecule has 2 bridgehead atoms. The highest BCUT2D eigenvalue weighted by atomic mass is 35.5. The molecule has 164 valence electrons. The molecule has 5 nitrogen and oxygen atoms in total. The molecule has 0 aliphatic carbocycles. The second-order valence-electron chi connectivity index (χ2n) is 7.90. The van der Waals surface area contributed by atoms with Crippen LogP contribution in [0.5, 0.6) is 5.75 Å². The summed E-state index contributed by atoms with van der Waals surface area (Å²) in [7, 11) is 0. The van der Waals surface area contributed by atoms with Gasteiger partial charge in [0.25, 0.3) is 5.91 Å². The van der Waals surface area contributed by atoms with Crippen LogP contribution in [0.4, 0.5) is 8.78 Å². The number of carbonyl (C=O) groups is 1. The smallest absolute Gasteiger partial charge is 0.387 e. The van der Waals surface area contributed by atoms with Gasteiger partial charge in [0.05, 0.1) is 0 Å². The highest BCUT2D eigenvalue weighted by Crippen LogP contribution is 2.38. The average molecular weight is 452 g/mol. The third kappa shape index (κ3) is 5.51. The highest BCUT2D eigenvalue weighted by molar-refractivity contribution is 5.94. The number of amides is 1. The van der Waals surface area contributed by atoms with Crippen molar-refractivity contribution in [3.05, 3.63) is 29.8 Å². The number of nitrogens with zero attached hydrogens (tertiary/aromatic N) is 1. The monoisotopic (exact) mass is 451 g/mol. The molecule has 29 heavy (non-hydrogen) atoms. The number of carbonyl (C=O) groups excluding carboxylic acids is 1. The van der Waals surface area contributed by atoms with Crippen molar-refractivity contribution in [2.75, 3.05) is 26.2 Å². The quantitative estimate of drug-likeness (QED) is 0.720. The molecule has 3 aliphatic rings. The zero-order chi connectivity index (χ0) is 18.8. The van der Waals surface area contributed by atoms with Crippen molar-refractivity contribution >= 4 is 30.7 Å². The van der Waals surface area contributed by atoms with E-state index in [4.69, 9.17) is 0 Å². The van der Waals surface area contributed by atoms with E-state index in [9.17, 15) is 13.6 Å². The number of halogens is 4. The zero-order valence-corrected chi connectivity index (χ0v) is 17.8. The lowest BCUT2D eigenvalue weighted by atomic mass is 9.73. The van der Waals surface area contributed by atoms with Gasteiger partial charge < -0.3 is 15.4 Å². The third-order valence-electron chi connectivity index (χ3n) is 6.34. The van der Waals surface area contributed by atoms with E-state index in [-0.39, 0.29) is 36.5 Å². The summed E-state index contributed by atoms with van der Waals surface area (Å²) < 4.78 is 28.8. The number of hydrogen-bond acceptors (Lipinski definition) is 4. The van der Waals surface area contributed by atoms with Gasteiger partial charge >= 0.3 is 6.61 Å². The maximum Gasteiger partial charge on any atom is 0.387 e. The minimum absolute atomic E-state index is 0. The fourth-order valence-corrected chi connectivity index (χ4v) is 5.14. The van der Waals surface area contributed by atoms with Crippen molar-refractivity contribution in [1.29, 1.82) is 0 Å². The molecule has 0 saturated carbocycles. The molecule has 4 rings (SSSR count). The van der Waals surface area contributed by atoms with Crippen LogP contribution in [-0.4, -0.2) is 55.7 Å². The molecule has 3 aliphatic heterocycles. The summed E-state index contributed by atoms with van der Waals surface area (Å²) >= 11 is 0. The number of rotatable bonds is 5. The minimum atomic E-state index is -2.86. The molecule has 4 atom stereocenters. The van der Waals surface area contributed by atoms with E-state index in [0.29, 0.717) is 30.1 Å². The van der Waals surface area contributed by atoms with Crippen LogP contribution in [0.15, 0.2) is 24.3 Å². The molecular weight excluding hydrogens is 423 g/mol. The van der Waals surface area contributed by atoms with Gasteiger partial charge in [-0.15, -0.1) is 24.8 Å². The summed E-state index contributed by atoms with van der Waals surface area (Å²) in [5.74, 6) is 1.20. The van der Waals surface area contributed by atoms with Crippen molar-refractivity contribution in [1.82, 2.24) is 15.5 Å². The van der Waals surface area contributed by atoms with E-state index >= 15 is 0 Å². The fraction of sp³-hybridized carbons (Fsp3) is 0.650. The van der Waals surface area contributed by atoms with Crippen molar-refractivity contribution in [3.63, 3.8) is 0 Å². The Morgan fingerprint density at radius 3 is 2.62 bits per heavy atom. The number of fused-ring (bicyclic) bond motifs is 4. The van der Waals surface area contributed by atoms with Crippen LogP contribution < -0.4 is 15.4 Å². The van der Waals surface area contributed by atoms with Crippen molar-refractivity contribution in [3.8, 4) is 5.75 Å². The van der Waals surface area contributed by atoms with E-state index in [1.807, 2.05) is 0 Å². The molecule has 0 aromatic heterocycles. The first-order valence-electron chi connectivity index (χ1n) is 9.91. The standard InChI is InChI=1S/C20H27F2N3O2.2ClH/c21-20(22)27-16-6-4-13(5-7-16)19(26)24-12-18-15-9-14(10-23-11-15)17-3-1-2-8-25(17)18;;/h4-7,14-15,17-18,20,23H,1-3,8-12H2,(H,24,26);2*1H/t14-,15+,17+,18+;;/m1../s1. The summed E-state index contributed by atoms with van der Waals surface area (Å²) in [6.07, 6.45) is 5.04. The predicted octanol–water partition coefficient (Wildman–Crippen LogP) is 3.32.